The molecule has 2 aliphatic rings. The van der Waals surface area contributed by atoms with Gasteiger partial charge in [0.25, 0.3) is 11.8 Å². The molecule has 2 amide bonds. The van der Waals surface area contributed by atoms with Gasteiger partial charge in [-0.15, -0.1) is 11.3 Å². The summed E-state index contributed by atoms with van der Waals surface area (Å²) in [6, 6.07) is 13.8. The maximum atomic E-state index is 13.6. The van der Waals surface area contributed by atoms with Crippen molar-refractivity contribution in [2.24, 2.45) is 5.92 Å². The first-order valence-corrected chi connectivity index (χ1v) is 12.9. The van der Waals surface area contributed by atoms with Crippen LogP contribution in [0.2, 0.25) is 0 Å². The van der Waals surface area contributed by atoms with Crippen LogP contribution in [0.3, 0.4) is 0 Å². The minimum Gasteiger partial charge on any atom is -0.372 e. The van der Waals surface area contributed by atoms with Gasteiger partial charge in [-0.3, -0.25) is 9.59 Å². The average molecular weight is 496 g/mol. The molecule has 2 aromatic rings. The van der Waals surface area contributed by atoms with Crippen molar-refractivity contribution in [1.82, 2.24) is 15.1 Å². The van der Waals surface area contributed by atoms with Gasteiger partial charge in [-0.25, -0.2) is 0 Å². The second-order valence-electron chi connectivity index (χ2n) is 8.57. The maximum Gasteiger partial charge on any atom is 0.261 e. The summed E-state index contributed by atoms with van der Waals surface area (Å²) >= 11 is 7.93. The minimum atomic E-state index is -0.0601. The number of thiophene rings is 1. The lowest BCUT2D eigenvalue weighted by Gasteiger charge is -2.43. The Labute approximate surface area is 210 Å². The quantitative estimate of drug-likeness (QED) is 0.497. The molecule has 178 valence electrons. The van der Waals surface area contributed by atoms with Crippen molar-refractivity contribution in [3.05, 3.63) is 92.4 Å². The molecular weight excluding hydrogens is 466 g/mol. The molecule has 34 heavy (non-hydrogen) atoms. The van der Waals surface area contributed by atoms with E-state index in [9.17, 15) is 9.59 Å². The number of amides is 2. The van der Waals surface area contributed by atoms with Gasteiger partial charge in [-0.1, -0.05) is 54.9 Å². The van der Waals surface area contributed by atoms with Crippen molar-refractivity contribution in [2.45, 2.75) is 33.2 Å². The van der Waals surface area contributed by atoms with E-state index in [-0.39, 0.29) is 17.7 Å². The molecule has 0 radical (unpaired) electrons. The molecule has 0 spiro atoms. The second kappa shape index (κ2) is 11.1. The number of fused-ring (bicyclic) bond motifs is 1. The topological polar surface area (TPSA) is 52.7 Å². The van der Waals surface area contributed by atoms with E-state index in [1.165, 1.54) is 11.3 Å². The number of nitrogens with zero attached hydrogens (tertiary/aromatic N) is 2. The predicted molar refractivity (Wildman–Crippen MR) is 138 cm³/mol. The molecule has 1 aliphatic carbocycles. The molecule has 1 atom stereocenters. The number of allylic oxidation sites excluding steroid dienone is 3. The standard InChI is InChI=1S/C27H30ClN3O2S/c1-3-14-30(15-13-29-26(32)24-10-7-16-34-24)25-19(2)27(33)31(18-20-8-5-4-6-9-20)23-12-11-21(28)17-22(23)25/h4-12,16,22H,3,13-15,17-18H2,1-2H3,(H,29,32). The summed E-state index contributed by atoms with van der Waals surface area (Å²) < 4.78 is 0. The largest absolute Gasteiger partial charge is 0.372 e. The van der Waals surface area contributed by atoms with Crippen LogP contribution in [-0.4, -0.2) is 41.2 Å². The van der Waals surface area contributed by atoms with Gasteiger partial charge < -0.3 is 15.1 Å². The smallest absolute Gasteiger partial charge is 0.261 e. The van der Waals surface area contributed by atoms with Gasteiger partial charge in [0.05, 0.1) is 11.4 Å². The van der Waals surface area contributed by atoms with Gasteiger partial charge in [-0.2, -0.15) is 0 Å². The molecule has 1 N–H and O–H groups in total. The molecule has 0 bridgehead atoms. The number of hydrogen-bond donors (Lipinski definition) is 1. The Morgan fingerprint density at radius 2 is 1.97 bits per heavy atom. The minimum absolute atomic E-state index is 0.0125. The zero-order chi connectivity index (χ0) is 24.1. The number of carbonyl (C=O) groups excluding carboxylic acids is 2. The monoisotopic (exact) mass is 495 g/mol. The van der Waals surface area contributed by atoms with Crippen molar-refractivity contribution in [2.75, 3.05) is 19.6 Å². The van der Waals surface area contributed by atoms with E-state index < -0.39 is 0 Å². The van der Waals surface area contributed by atoms with Gasteiger partial charge in [-0.05, 0) is 48.9 Å². The Morgan fingerprint density at radius 3 is 2.68 bits per heavy atom. The van der Waals surface area contributed by atoms with Crippen LogP contribution in [0.1, 0.15) is 41.9 Å². The fourth-order valence-electron chi connectivity index (χ4n) is 4.67. The highest BCUT2D eigenvalue weighted by Crippen LogP contribution is 2.42. The molecule has 2 heterocycles. The lowest BCUT2D eigenvalue weighted by molar-refractivity contribution is -0.127. The van der Waals surface area contributed by atoms with Crippen LogP contribution < -0.4 is 5.32 Å². The second-order valence-corrected chi connectivity index (χ2v) is 10.0. The summed E-state index contributed by atoms with van der Waals surface area (Å²) in [4.78, 5) is 30.9. The van der Waals surface area contributed by atoms with Crippen LogP contribution in [0.4, 0.5) is 0 Å². The average Bonchev–Trinajstić information content (AvgIpc) is 3.38. The Kier molecular flexibility index (Phi) is 7.91. The number of carbonyl (C=O) groups is 2. The summed E-state index contributed by atoms with van der Waals surface area (Å²) in [6.07, 6.45) is 5.50. The third-order valence-electron chi connectivity index (χ3n) is 6.21. The molecule has 1 aliphatic heterocycles. The van der Waals surface area contributed by atoms with E-state index in [0.29, 0.717) is 30.9 Å². The first-order chi connectivity index (χ1) is 16.5. The first kappa shape index (κ1) is 24.3. The SMILES string of the molecule is CCCN(CCNC(=O)c1cccs1)C1=C(C)C(=O)N(Cc2ccccc2)C2=CC=C(Cl)CC21. The number of halogens is 1. The van der Waals surface area contributed by atoms with Crippen LogP contribution in [0.25, 0.3) is 0 Å². The highest BCUT2D eigenvalue weighted by Gasteiger charge is 2.39. The van der Waals surface area contributed by atoms with Crippen molar-refractivity contribution >= 4 is 34.8 Å². The van der Waals surface area contributed by atoms with Crippen LogP contribution in [0.15, 0.2) is 82.0 Å². The molecule has 0 fully saturated rings. The van der Waals surface area contributed by atoms with Crippen LogP contribution in [-0.2, 0) is 11.3 Å². The van der Waals surface area contributed by atoms with Gasteiger partial charge in [0.15, 0.2) is 0 Å². The number of rotatable bonds is 9. The number of benzene rings is 1. The van der Waals surface area contributed by atoms with Crippen LogP contribution in [0, 0.1) is 5.92 Å². The molecule has 0 saturated heterocycles. The van der Waals surface area contributed by atoms with Crippen LogP contribution >= 0.6 is 22.9 Å². The van der Waals surface area contributed by atoms with Crippen molar-refractivity contribution in [1.29, 1.82) is 0 Å². The molecule has 4 rings (SSSR count). The number of nitrogens with one attached hydrogen (secondary N) is 1. The lowest BCUT2D eigenvalue weighted by atomic mass is 9.85. The molecule has 1 aromatic carbocycles. The Bertz CT molecular complexity index is 1120. The zero-order valence-corrected chi connectivity index (χ0v) is 21.2. The fraction of sp³-hybridized carbons (Fsp3) is 0.333. The van der Waals surface area contributed by atoms with E-state index in [0.717, 1.165) is 40.5 Å². The van der Waals surface area contributed by atoms with Crippen LogP contribution in [0.5, 0.6) is 0 Å². The summed E-state index contributed by atoms with van der Waals surface area (Å²) in [6.45, 7) is 6.52. The molecule has 0 saturated carbocycles. The maximum absolute atomic E-state index is 13.6. The number of hydrogen-bond acceptors (Lipinski definition) is 4. The summed E-state index contributed by atoms with van der Waals surface area (Å²) in [5.41, 5.74) is 3.86. The van der Waals surface area contributed by atoms with Gasteiger partial charge in [0.1, 0.15) is 0 Å². The van der Waals surface area contributed by atoms with E-state index in [1.807, 2.05) is 71.8 Å². The highest BCUT2D eigenvalue weighted by atomic mass is 35.5. The third-order valence-corrected chi connectivity index (χ3v) is 7.36. The lowest BCUT2D eigenvalue weighted by Crippen LogP contribution is -2.45. The van der Waals surface area contributed by atoms with Gasteiger partial charge >= 0.3 is 0 Å². The van der Waals surface area contributed by atoms with Gasteiger partial charge in [0, 0.05) is 47.6 Å². The highest BCUT2D eigenvalue weighted by molar-refractivity contribution is 7.12. The van der Waals surface area contributed by atoms with E-state index in [1.54, 1.807) is 0 Å². The molecule has 1 aromatic heterocycles. The molecule has 1 unspecified atom stereocenters. The molecule has 5 nitrogen and oxygen atoms in total. The molecular formula is C27H30ClN3O2S. The predicted octanol–water partition coefficient (Wildman–Crippen LogP) is 5.53. The van der Waals surface area contributed by atoms with Crippen molar-refractivity contribution < 1.29 is 9.59 Å². The normalized spacial score (nSPS) is 17.8. The Morgan fingerprint density at radius 1 is 1.18 bits per heavy atom. The third kappa shape index (κ3) is 5.29. The van der Waals surface area contributed by atoms with E-state index >= 15 is 0 Å². The Balaban J connectivity index is 1.59. The van der Waals surface area contributed by atoms with E-state index in [2.05, 4.69) is 17.1 Å². The summed E-state index contributed by atoms with van der Waals surface area (Å²) in [5.74, 6) is -0.0231. The Hall–Kier alpha value is -2.83. The van der Waals surface area contributed by atoms with Gasteiger partial charge in [0.2, 0.25) is 0 Å². The summed E-state index contributed by atoms with van der Waals surface area (Å²) in [7, 11) is 0. The summed E-state index contributed by atoms with van der Waals surface area (Å²) in [5, 5.41) is 5.71. The molecule has 7 heteroatoms. The first-order valence-electron chi connectivity index (χ1n) is 11.7. The zero-order valence-electron chi connectivity index (χ0n) is 19.6. The van der Waals surface area contributed by atoms with Crippen molar-refractivity contribution in [3.63, 3.8) is 0 Å². The van der Waals surface area contributed by atoms with Crippen molar-refractivity contribution in [3.8, 4) is 0 Å². The van der Waals surface area contributed by atoms with E-state index in [4.69, 9.17) is 11.6 Å². The fourth-order valence-corrected chi connectivity index (χ4v) is 5.53.